The number of nitrogens with zero attached hydrogens (tertiary/aromatic N) is 3. The first-order valence-electron chi connectivity index (χ1n) is 22.4. The monoisotopic (exact) mass is 938 g/mol. The van der Waals surface area contributed by atoms with Gasteiger partial charge in [-0.05, 0) is 94.5 Å². The van der Waals surface area contributed by atoms with Crippen LogP contribution in [0.2, 0.25) is 0 Å². The molecule has 2 saturated heterocycles. The van der Waals surface area contributed by atoms with Crippen molar-refractivity contribution in [1.82, 2.24) is 10.2 Å². The molecule has 6 aromatic carbocycles. The Morgan fingerprint density at radius 3 is 2.11 bits per heavy atom. The molecule has 352 valence electrons. The number of rotatable bonds is 13. The van der Waals surface area contributed by atoms with Crippen molar-refractivity contribution in [2.24, 2.45) is 5.92 Å². The summed E-state index contributed by atoms with van der Waals surface area (Å²) in [5.74, 6) is 3.55. The van der Waals surface area contributed by atoms with Crippen LogP contribution in [0.5, 0.6) is 11.5 Å². The van der Waals surface area contributed by atoms with Gasteiger partial charge in [-0.25, -0.2) is 9.69 Å². The fraction of sp³-hybridized carbons (Fsp3) is 0.200. The van der Waals surface area contributed by atoms with Gasteiger partial charge in [0.05, 0.1) is 42.3 Å². The number of methoxy groups -OCH3 is 1. The topological polar surface area (TPSA) is 187 Å². The van der Waals surface area contributed by atoms with E-state index in [9.17, 15) is 20.0 Å². The Bertz CT molecular complexity index is 3010. The molecule has 15 nitrogen and oxygen atoms in total. The summed E-state index contributed by atoms with van der Waals surface area (Å²) < 4.78 is 23.5. The Balaban J connectivity index is 1.30. The molecule has 1 spiro atoms. The van der Waals surface area contributed by atoms with Crippen LogP contribution >= 0.6 is 0 Å². The number of amides is 3. The smallest absolute Gasteiger partial charge is 0.421 e. The van der Waals surface area contributed by atoms with Crippen molar-refractivity contribution in [2.45, 2.75) is 36.3 Å². The average molecular weight is 939 g/mol. The number of aliphatic hydroxyl groups excluding tert-OH is 1. The molecule has 6 atom stereocenters. The number of hydrogen-bond acceptors (Lipinski definition) is 12. The molecule has 0 bridgehead atoms. The predicted molar refractivity (Wildman–Crippen MR) is 256 cm³/mol. The van der Waals surface area contributed by atoms with Gasteiger partial charge in [-0.3, -0.25) is 29.4 Å². The van der Waals surface area contributed by atoms with Gasteiger partial charge in [0.2, 0.25) is 11.8 Å². The number of imide groups is 1. The molecular weight excluding hydrogens is 893 g/mol. The summed E-state index contributed by atoms with van der Waals surface area (Å²) >= 11 is 0. The molecule has 2 N–H and O–H groups in total. The van der Waals surface area contributed by atoms with E-state index in [4.69, 9.17) is 18.9 Å². The second-order valence-corrected chi connectivity index (χ2v) is 16.8. The minimum Gasteiger partial charge on any atom is -0.497 e. The molecule has 3 heterocycles. The number of carbonyl (C=O) groups is 4. The Morgan fingerprint density at radius 2 is 1.47 bits per heavy atom. The molecule has 3 aliphatic heterocycles. The van der Waals surface area contributed by atoms with Crippen LogP contribution in [-0.2, 0) is 35.9 Å². The summed E-state index contributed by atoms with van der Waals surface area (Å²) in [6.45, 7) is 3.18. The van der Waals surface area contributed by atoms with Crippen molar-refractivity contribution in [1.29, 1.82) is 0 Å². The van der Waals surface area contributed by atoms with E-state index in [-0.39, 0.29) is 43.3 Å². The van der Waals surface area contributed by atoms with Gasteiger partial charge in [0.15, 0.2) is 0 Å². The number of nitro benzene ring substituents is 1. The number of nitrogens with one attached hydrogen (secondary N) is 1. The minimum atomic E-state index is -2.10. The first kappa shape index (κ1) is 46.5. The highest BCUT2D eigenvalue weighted by atomic mass is 16.6. The largest absolute Gasteiger partial charge is 0.497 e. The van der Waals surface area contributed by atoms with Crippen molar-refractivity contribution in [3.8, 4) is 23.3 Å². The summed E-state index contributed by atoms with van der Waals surface area (Å²) in [5.41, 5.74) is 1.41. The van der Waals surface area contributed by atoms with E-state index in [1.54, 1.807) is 73.8 Å². The second-order valence-electron chi connectivity index (χ2n) is 16.8. The van der Waals surface area contributed by atoms with Crippen molar-refractivity contribution >= 4 is 35.3 Å². The Hall–Kier alpha value is -8.58. The molecule has 6 aromatic rings. The van der Waals surface area contributed by atoms with Gasteiger partial charge >= 0.3 is 12.1 Å². The highest BCUT2D eigenvalue weighted by Crippen LogP contribution is 2.66. The van der Waals surface area contributed by atoms with Crippen LogP contribution in [0.3, 0.4) is 0 Å². The highest BCUT2D eigenvalue weighted by molar-refractivity contribution is 6.23. The lowest BCUT2D eigenvalue weighted by Crippen LogP contribution is -2.55. The molecule has 0 unspecified atom stereocenters. The van der Waals surface area contributed by atoms with Crippen molar-refractivity contribution < 1.29 is 48.2 Å². The third-order valence-electron chi connectivity index (χ3n) is 12.9. The zero-order chi connectivity index (χ0) is 48.9. The number of benzene rings is 6. The fourth-order valence-electron chi connectivity index (χ4n) is 9.90. The van der Waals surface area contributed by atoms with Gasteiger partial charge < -0.3 is 29.4 Å². The summed E-state index contributed by atoms with van der Waals surface area (Å²) in [6.07, 6.45) is -0.560. The van der Waals surface area contributed by atoms with Gasteiger partial charge in [0.25, 0.3) is 5.69 Å². The third kappa shape index (κ3) is 8.50. The maximum Gasteiger partial charge on any atom is 0.421 e. The number of morpholine rings is 1. The van der Waals surface area contributed by atoms with Crippen LogP contribution in [-0.4, -0.2) is 71.7 Å². The Morgan fingerprint density at radius 1 is 0.829 bits per heavy atom. The molecule has 70 heavy (non-hydrogen) atoms. The Labute approximate surface area is 403 Å². The maximum atomic E-state index is 16.4. The van der Waals surface area contributed by atoms with Crippen molar-refractivity contribution in [2.75, 3.05) is 31.8 Å². The lowest BCUT2D eigenvalue weighted by atomic mass is 9.65. The average Bonchev–Trinajstić information content (AvgIpc) is 3.85. The number of ether oxygens (including phenoxy) is 4. The normalized spacial score (nSPS) is 21.1. The van der Waals surface area contributed by atoms with Crippen LogP contribution < -0.4 is 19.7 Å². The molecule has 0 aromatic heterocycles. The number of hydrogen-bond donors (Lipinski definition) is 2. The molecule has 0 radical (unpaired) electrons. The number of anilines is 1. The SMILES string of the molecule is C=CCNC(=O)[C@H]1[C@@H]2C(=O)O[C@@H](c3ccccc3)[C@@H](c3ccccc3)N2[C@@H](c2ccc(OCCO)cc2)[C@]12C(=O)N(C(=O)OCc1ccc([N+](=O)[O-])cc1)c1ccc(C#Cc3ccc(OC)cc3)cc12. The second kappa shape index (κ2) is 19.9. The first-order chi connectivity index (χ1) is 34.1. The minimum absolute atomic E-state index is 0.0102. The number of non-ortho nitro benzene ring substituents is 1. The molecule has 3 aliphatic rings. The van der Waals surface area contributed by atoms with Gasteiger partial charge in [-0.2, -0.15) is 0 Å². The summed E-state index contributed by atoms with van der Waals surface area (Å²) in [4.78, 5) is 75.4. The number of carbonyl (C=O) groups excluding carboxylic acids is 4. The zero-order valence-corrected chi connectivity index (χ0v) is 37.8. The van der Waals surface area contributed by atoms with Gasteiger partial charge in [-0.1, -0.05) is 90.7 Å². The van der Waals surface area contributed by atoms with E-state index in [1.807, 2.05) is 65.6 Å². The molecule has 0 saturated carbocycles. The van der Waals surface area contributed by atoms with Crippen LogP contribution in [0, 0.1) is 27.9 Å². The van der Waals surface area contributed by atoms with E-state index in [0.29, 0.717) is 44.9 Å². The molecule has 9 rings (SSSR count). The maximum absolute atomic E-state index is 16.4. The quantitative estimate of drug-likeness (QED) is 0.0379. The zero-order valence-electron chi connectivity index (χ0n) is 37.8. The van der Waals surface area contributed by atoms with E-state index in [0.717, 1.165) is 4.90 Å². The van der Waals surface area contributed by atoms with Crippen LogP contribution in [0.1, 0.15) is 57.1 Å². The lowest BCUT2D eigenvalue weighted by Gasteiger charge is -2.46. The molecule has 2 fully saturated rings. The standard InChI is InChI=1S/C55H46N4O11/c1-3-30-56-51(61)46-48-52(62)70-49(39-12-8-5-9-13-39)47(38-10-6-4-7-11-38)58(48)50(40-21-27-43(28-22-40)68-32-31-60)55(46)44-33-36(15-14-35-18-25-42(67-2)26-19-35)20-29-45(44)57(53(55)63)54(64)69-34-37-16-23-41(24-17-37)59(65)66/h3-13,16-29,33,46-50,60H,1,30-32,34H2,2H3,(H,56,61)/t46-,47-,48-,49+,50+,55-/m1/s1. The number of esters is 1. The fourth-order valence-corrected chi connectivity index (χ4v) is 9.90. The molecular formula is C55H46N4O11. The van der Waals surface area contributed by atoms with Crippen LogP contribution in [0.4, 0.5) is 16.2 Å². The van der Waals surface area contributed by atoms with Crippen molar-refractivity contribution in [3.63, 3.8) is 0 Å². The van der Waals surface area contributed by atoms with E-state index < -0.39 is 64.4 Å². The number of nitro groups is 1. The van der Waals surface area contributed by atoms with Gasteiger partial charge in [0.1, 0.15) is 42.3 Å². The Kier molecular flexibility index (Phi) is 13.3. The van der Waals surface area contributed by atoms with Crippen LogP contribution in [0.25, 0.3) is 0 Å². The summed E-state index contributed by atoms with van der Waals surface area (Å²) in [5, 5.41) is 23.9. The molecule has 3 amide bonds. The molecule has 15 heteroatoms. The summed E-state index contributed by atoms with van der Waals surface area (Å²) in [7, 11) is 1.56. The number of cyclic esters (lactones) is 1. The summed E-state index contributed by atoms with van der Waals surface area (Å²) in [6, 6.07) is 39.5. The van der Waals surface area contributed by atoms with Gasteiger partial charge in [-0.15, -0.1) is 6.58 Å². The van der Waals surface area contributed by atoms with E-state index in [1.165, 1.54) is 30.3 Å². The lowest BCUT2D eigenvalue weighted by molar-refractivity contribution is -0.384. The van der Waals surface area contributed by atoms with Gasteiger partial charge in [0, 0.05) is 29.8 Å². The van der Waals surface area contributed by atoms with Crippen LogP contribution in [0.15, 0.2) is 164 Å². The van der Waals surface area contributed by atoms with Crippen molar-refractivity contribution in [3.05, 3.63) is 213 Å². The number of fused-ring (bicyclic) bond motifs is 3. The third-order valence-corrected chi connectivity index (χ3v) is 12.9. The predicted octanol–water partition coefficient (Wildman–Crippen LogP) is 7.68. The first-order valence-corrected chi connectivity index (χ1v) is 22.4. The highest BCUT2D eigenvalue weighted by Gasteiger charge is 2.75. The van der Waals surface area contributed by atoms with E-state index >= 15 is 14.4 Å². The van der Waals surface area contributed by atoms with E-state index in [2.05, 4.69) is 23.7 Å². The molecule has 0 aliphatic carbocycles. The number of aliphatic hydroxyl groups is 1.